The van der Waals surface area contributed by atoms with E-state index >= 15 is 0 Å². The molecule has 0 aromatic carbocycles. The molecule has 1 atom stereocenters. The molecule has 1 heterocycles. The van der Waals surface area contributed by atoms with Gasteiger partial charge in [0.25, 0.3) is 0 Å². The Kier molecular flexibility index (Phi) is 4.78. The van der Waals surface area contributed by atoms with Gasteiger partial charge in [-0.05, 0) is 0 Å². The molecule has 1 saturated heterocycles. The summed E-state index contributed by atoms with van der Waals surface area (Å²) in [7, 11) is 0. The van der Waals surface area contributed by atoms with Crippen molar-refractivity contribution in [2.75, 3.05) is 0 Å². The van der Waals surface area contributed by atoms with Crippen molar-refractivity contribution in [2.45, 2.75) is 49.6 Å². The molecule has 2 heteroatoms. The molecule has 0 radical (unpaired) electrons. The number of hydrogen-bond donors (Lipinski definition) is 0. The SMILES string of the molecule is CCCCC1CCC[Te]O1. The molecule has 1 aliphatic rings. The Labute approximate surface area is 74.1 Å². The van der Waals surface area contributed by atoms with Crippen LogP contribution in [0.15, 0.2) is 0 Å². The van der Waals surface area contributed by atoms with Gasteiger partial charge >= 0.3 is 74.0 Å². The van der Waals surface area contributed by atoms with Crippen LogP contribution in [0.1, 0.15) is 39.0 Å². The van der Waals surface area contributed by atoms with Crippen LogP contribution in [0.5, 0.6) is 0 Å². The van der Waals surface area contributed by atoms with E-state index in [0.29, 0.717) is 6.10 Å². The Morgan fingerprint density at radius 1 is 1.60 bits per heavy atom. The molecule has 0 aliphatic carbocycles. The van der Waals surface area contributed by atoms with Crippen molar-refractivity contribution in [3.63, 3.8) is 0 Å². The topological polar surface area (TPSA) is 9.23 Å². The molecule has 0 spiro atoms. The van der Waals surface area contributed by atoms with E-state index in [4.69, 9.17) is 3.10 Å². The molecule has 0 aromatic heterocycles. The molecule has 0 aromatic rings. The summed E-state index contributed by atoms with van der Waals surface area (Å²) in [5.41, 5.74) is 0. The number of rotatable bonds is 3. The Morgan fingerprint density at radius 2 is 2.50 bits per heavy atom. The quantitative estimate of drug-likeness (QED) is 0.704. The standard InChI is InChI=1S/C8H16OTe/c1-2-3-5-8-6-4-7-10-9-8/h8H,2-7H2,1H3. The van der Waals surface area contributed by atoms with Crippen molar-refractivity contribution in [1.29, 1.82) is 0 Å². The fourth-order valence-electron chi connectivity index (χ4n) is 1.19. The van der Waals surface area contributed by atoms with Gasteiger partial charge < -0.3 is 0 Å². The van der Waals surface area contributed by atoms with E-state index in [0.717, 1.165) is 0 Å². The van der Waals surface area contributed by atoms with Gasteiger partial charge in [0.05, 0.1) is 0 Å². The molecule has 60 valence electrons. The zero-order valence-corrected chi connectivity index (χ0v) is 8.97. The molecule has 0 bridgehead atoms. The summed E-state index contributed by atoms with van der Waals surface area (Å²) in [6.07, 6.45) is 7.44. The van der Waals surface area contributed by atoms with E-state index in [1.54, 1.807) is 0 Å². The van der Waals surface area contributed by atoms with E-state index in [1.165, 1.54) is 36.6 Å². The summed E-state index contributed by atoms with van der Waals surface area (Å²) in [5, 5.41) is 0. The summed E-state index contributed by atoms with van der Waals surface area (Å²) >= 11 is 0.00190. The third kappa shape index (κ3) is 3.23. The van der Waals surface area contributed by atoms with E-state index in [2.05, 4.69) is 6.92 Å². The van der Waals surface area contributed by atoms with Crippen LogP contribution < -0.4 is 0 Å². The van der Waals surface area contributed by atoms with E-state index in [9.17, 15) is 0 Å². The Hall–Kier alpha value is 0.750. The van der Waals surface area contributed by atoms with Crippen LogP contribution in [-0.4, -0.2) is 27.4 Å². The van der Waals surface area contributed by atoms with E-state index in [-0.39, 0.29) is 21.3 Å². The fraction of sp³-hybridized carbons (Fsp3) is 1.00. The number of unbranched alkanes of at least 4 members (excludes halogenated alkanes) is 1. The van der Waals surface area contributed by atoms with Gasteiger partial charge in [-0.15, -0.1) is 0 Å². The molecule has 1 unspecified atom stereocenters. The van der Waals surface area contributed by atoms with Crippen LogP contribution in [0.25, 0.3) is 0 Å². The molecule has 0 saturated carbocycles. The van der Waals surface area contributed by atoms with Crippen LogP contribution in [0.3, 0.4) is 0 Å². The molecular formula is C8H16OTe. The molecule has 10 heavy (non-hydrogen) atoms. The molecule has 1 aliphatic heterocycles. The fourth-order valence-corrected chi connectivity index (χ4v) is 3.37. The first-order chi connectivity index (χ1) is 4.93. The predicted molar refractivity (Wildman–Crippen MR) is 44.2 cm³/mol. The third-order valence-corrected chi connectivity index (χ3v) is 4.30. The Morgan fingerprint density at radius 3 is 3.10 bits per heavy atom. The van der Waals surface area contributed by atoms with Gasteiger partial charge in [0.2, 0.25) is 0 Å². The van der Waals surface area contributed by atoms with Gasteiger partial charge in [-0.2, -0.15) is 0 Å². The molecule has 1 nitrogen and oxygen atoms in total. The second-order valence-electron chi connectivity index (χ2n) is 2.82. The normalized spacial score (nSPS) is 26.7. The first-order valence-electron chi connectivity index (χ1n) is 4.21. The van der Waals surface area contributed by atoms with Crippen LogP contribution in [0.2, 0.25) is 4.47 Å². The van der Waals surface area contributed by atoms with Crippen molar-refractivity contribution >= 4 is 21.3 Å². The zero-order valence-electron chi connectivity index (χ0n) is 6.64. The second kappa shape index (κ2) is 5.41. The first kappa shape index (κ1) is 8.84. The first-order valence-corrected chi connectivity index (χ1v) is 6.81. The van der Waals surface area contributed by atoms with Crippen LogP contribution in [0, 0.1) is 0 Å². The summed E-state index contributed by atoms with van der Waals surface area (Å²) in [6, 6.07) is 0. The number of hydrogen-bond acceptors (Lipinski definition) is 1. The van der Waals surface area contributed by atoms with Crippen LogP contribution in [-0.2, 0) is 3.10 Å². The van der Waals surface area contributed by atoms with Crippen molar-refractivity contribution in [1.82, 2.24) is 0 Å². The molecule has 1 rings (SSSR count). The minimum atomic E-state index is 0.00190. The molecule has 0 N–H and O–H groups in total. The monoisotopic (exact) mass is 258 g/mol. The summed E-state index contributed by atoms with van der Waals surface area (Å²) in [5.74, 6) is 0. The maximum absolute atomic E-state index is 5.71. The Bertz CT molecular complexity index is 79.3. The average Bonchev–Trinajstić information content (AvgIpc) is 2.03. The van der Waals surface area contributed by atoms with Gasteiger partial charge in [-0.25, -0.2) is 0 Å². The second-order valence-corrected chi connectivity index (χ2v) is 5.21. The minimum absolute atomic E-state index is 0.00190. The van der Waals surface area contributed by atoms with Gasteiger partial charge in [0.15, 0.2) is 0 Å². The van der Waals surface area contributed by atoms with E-state index < -0.39 is 0 Å². The van der Waals surface area contributed by atoms with Crippen molar-refractivity contribution in [3.8, 4) is 0 Å². The molecule has 1 fully saturated rings. The van der Waals surface area contributed by atoms with Crippen LogP contribution >= 0.6 is 0 Å². The average molecular weight is 256 g/mol. The summed E-state index contributed by atoms with van der Waals surface area (Å²) in [4.78, 5) is 0. The van der Waals surface area contributed by atoms with Gasteiger partial charge in [-0.1, -0.05) is 0 Å². The zero-order chi connectivity index (χ0) is 7.23. The molecular weight excluding hydrogens is 240 g/mol. The van der Waals surface area contributed by atoms with Gasteiger partial charge in [0, 0.05) is 0 Å². The molecule has 0 amide bonds. The van der Waals surface area contributed by atoms with Gasteiger partial charge in [-0.3, -0.25) is 0 Å². The van der Waals surface area contributed by atoms with E-state index in [1.807, 2.05) is 0 Å². The third-order valence-electron chi connectivity index (χ3n) is 1.84. The summed E-state index contributed by atoms with van der Waals surface area (Å²) < 4.78 is 7.12. The van der Waals surface area contributed by atoms with Crippen LogP contribution in [0.4, 0.5) is 0 Å². The summed E-state index contributed by atoms with van der Waals surface area (Å²) in [6.45, 7) is 2.25. The maximum atomic E-state index is 5.71. The van der Waals surface area contributed by atoms with Crippen molar-refractivity contribution in [2.24, 2.45) is 0 Å². The predicted octanol–water partition coefficient (Wildman–Crippen LogP) is 2.39. The van der Waals surface area contributed by atoms with Crippen molar-refractivity contribution < 1.29 is 3.10 Å². The Balaban J connectivity index is 2.02. The van der Waals surface area contributed by atoms with Crippen molar-refractivity contribution in [3.05, 3.63) is 0 Å². The van der Waals surface area contributed by atoms with Gasteiger partial charge in [0.1, 0.15) is 0 Å².